The summed E-state index contributed by atoms with van der Waals surface area (Å²) in [6, 6.07) is 0. The summed E-state index contributed by atoms with van der Waals surface area (Å²) in [6.45, 7) is 5.89. The van der Waals surface area contributed by atoms with Crippen molar-refractivity contribution in [1.29, 1.82) is 0 Å². The normalized spacial score (nSPS) is 23.2. The molecular weight excluding hydrogens is 240 g/mol. The van der Waals surface area contributed by atoms with Crippen LogP contribution in [0.4, 0.5) is 0 Å². The molecule has 1 atom stereocenters. The van der Waals surface area contributed by atoms with Crippen molar-refractivity contribution in [2.75, 3.05) is 39.3 Å². The van der Waals surface area contributed by atoms with Crippen LogP contribution in [0.3, 0.4) is 0 Å². The van der Waals surface area contributed by atoms with Gasteiger partial charge in [0.05, 0.1) is 18.8 Å². The maximum absolute atomic E-state index is 9.82. The van der Waals surface area contributed by atoms with Gasteiger partial charge in [0, 0.05) is 6.54 Å². The summed E-state index contributed by atoms with van der Waals surface area (Å²) < 4.78 is 5.70. The summed E-state index contributed by atoms with van der Waals surface area (Å²) in [5, 5.41) is 13.2. The van der Waals surface area contributed by atoms with E-state index in [0.717, 1.165) is 6.54 Å². The first-order valence-corrected chi connectivity index (χ1v) is 8.07. The summed E-state index contributed by atoms with van der Waals surface area (Å²) in [4.78, 5) is 2.53. The molecule has 1 aliphatic heterocycles. The number of rotatable bonds is 9. The van der Waals surface area contributed by atoms with Gasteiger partial charge in [-0.25, -0.2) is 0 Å². The second-order valence-corrected chi connectivity index (χ2v) is 6.00. The Bertz CT molecular complexity index is 226. The van der Waals surface area contributed by atoms with Crippen LogP contribution in [0.15, 0.2) is 0 Å². The Hall–Kier alpha value is -0.160. The van der Waals surface area contributed by atoms with Crippen molar-refractivity contribution in [3.05, 3.63) is 0 Å². The van der Waals surface area contributed by atoms with E-state index in [1.54, 1.807) is 0 Å². The van der Waals surface area contributed by atoms with Crippen LogP contribution in [0.5, 0.6) is 0 Å². The van der Waals surface area contributed by atoms with Gasteiger partial charge in [0.25, 0.3) is 0 Å². The summed E-state index contributed by atoms with van der Waals surface area (Å²) in [6.07, 6.45) is 8.89. The predicted molar refractivity (Wildman–Crippen MR) is 77.4 cm³/mol. The van der Waals surface area contributed by atoms with Crippen LogP contribution in [0.2, 0.25) is 0 Å². The minimum absolute atomic E-state index is 0.354. The zero-order chi connectivity index (χ0) is 13.3. The summed E-state index contributed by atoms with van der Waals surface area (Å²) in [5.41, 5.74) is 0. The molecule has 0 aromatic carbocycles. The van der Waals surface area contributed by atoms with Crippen LogP contribution in [0.25, 0.3) is 0 Å². The molecule has 4 heteroatoms. The number of nitrogens with one attached hydrogen (secondary N) is 1. The van der Waals surface area contributed by atoms with E-state index in [2.05, 4.69) is 10.2 Å². The first-order valence-electron chi connectivity index (χ1n) is 8.07. The fraction of sp³-hybridized carbons (Fsp3) is 1.00. The average molecular weight is 270 g/mol. The SMILES string of the molecule is OC(CNCCCN1CCCC1)COC1CCCC1. The Morgan fingerprint density at radius 1 is 1.16 bits per heavy atom. The third-order valence-electron chi connectivity index (χ3n) is 4.23. The van der Waals surface area contributed by atoms with E-state index in [0.29, 0.717) is 19.3 Å². The Morgan fingerprint density at radius 3 is 2.63 bits per heavy atom. The molecule has 2 fully saturated rings. The molecule has 2 N–H and O–H groups in total. The maximum atomic E-state index is 9.82. The van der Waals surface area contributed by atoms with Crippen molar-refractivity contribution < 1.29 is 9.84 Å². The third-order valence-corrected chi connectivity index (χ3v) is 4.23. The predicted octanol–water partition coefficient (Wildman–Crippen LogP) is 1.38. The molecule has 0 aromatic heterocycles. The minimum Gasteiger partial charge on any atom is -0.389 e. The van der Waals surface area contributed by atoms with E-state index in [1.165, 1.54) is 64.6 Å². The molecule has 0 radical (unpaired) electrons. The van der Waals surface area contributed by atoms with Crippen molar-refractivity contribution in [2.45, 2.75) is 57.2 Å². The third kappa shape index (κ3) is 6.21. The number of aliphatic hydroxyl groups excluding tert-OH is 1. The molecule has 2 aliphatic rings. The topological polar surface area (TPSA) is 44.7 Å². The Labute approximate surface area is 117 Å². The molecule has 1 unspecified atom stereocenters. The van der Waals surface area contributed by atoms with E-state index < -0.39 is 0 Å². The number of nitrogens with zero attached hydrogens (tertiary/aromatic N) is 1. The van der Waals surface area contributed by atoms with Crippen LogP contribution >= 0.6 is 0 Å². The number of hydrogen-bond donors (Lipinski definition) is 2. The van der Waals surface area contributed by atoms with Gasteiger partial charge in [-0.1, -0.05) is 12.8 Å². The van der Waals surface area contributed by atoms with Gasteiger partial charge in [0.1, 0.15) is 0 Å². The summed E-state index contributed by atoms with van der Waals surface area (Å²) in [7, 11) is 0. The minimum atomic E-state index is -0.354. The van der Waals surface area contributed by atoms with Crippen molar-refractivity contribution in [1.82, 2.24) is 10.2 Å². The van der Waals surface area contributed by atoms with Crippen LogP contribution in [-0.2, 0) is 4.74 Å². The van der Waals surface area contributed by atoms with E-state index in [1.807, 2.05) is 0 Å². The molecule has 0 aromatic rings. The lowest BCUT2D eigenvalue weighted by atomic mass is 10.3. The molecule has 0 amide bonds. The highest BCUT2D eigenvalue weighted by atomic mass is 16.5. The zero-order valence-corrected chi connectivity index (χ0v) is 12.1. The fourth-order valence-electron chi connectivity index (χ4n) is 3.06. The van der Waals surface area contributed by atoms with Crippen molar-refractivity contribution in [3.63, 3.8) is 0 Å². The zero-order valence-electron chi connectivity index (χ0n) is 12.1. The molecule has 19 heavy (non-hydrogen) atoms. The van der Waals surface area contributed by atoms with E-state index in [-0.39, 0.29) is 6.10 Å². The Morgan fingerprint density at radius 2 is 1.89 bits per heavy atom. The highest BCUT2D eigenvalue weighted by Crippen LogP contribution is 2.20. The van der Waals surface area contributed by atoms with Gasteiger partial charge in [-0.05, 0) is 58.3 Å². The number of likely N-dealkylation sites (tertiary alicyclic amines) is 1. The van der Waals surface area contributed by atoms with Gasteiger partial charge >= 0.3 is 0 Å². The lowest BCUT2D eigenvalue weighted by Crippen LogP contribution is -2.33. The van der Waals surface area contributed by atoms with Gasteiger partial charge in [-0.15, -0.1) is 0 Å². The summed E-state index contributed by atoms with van der Waals surface area (Å²) >= 11 is 0. The maximum Gasteiger partial charge on any atom is 0.0897 e. The van der Waals surface area contributed by atoms with Gasteiger partial charge in [0.15, 0.2) is 0 Å². The lowest BCUT2D eigenvalue weighted by molar-refractivity contribution is -0.00538. The monoisotopic (exact) mass is 270 g/mol. The van der Waals surface area contributed by atoms with E-state index >= 15 is 0 Å². The largest absolute Gasteiger partial charge is 0.389 e. The lowest BCUT2D eigenvalue weighted by Gasteiger charge is -2.17. The highest BCUT2D eigenvalue weighted by Gasteiger charge is 2.16. The van der Waals surface area contributed by atoms with Gasteiger partial charge in [0.2, 0.25) is 0 Å². The van der Waals surface area contributed by atoms with Gasteiger partial charge < -0.3 is 20.1 Å². The first-order chi connectivity index (χ1) is 9.34. The molecule has 1 heterocycles. The Balaban J connectivity index is 1.39. The molecule has 2 rings (SSSR count). The molecule has 0 spiro atoms. The number of hydrogen-bond acceptors (Lipinski definition) is 4. The molecule has 1 saturated carbocycles. The smallest absolute Gasteiger partial charge is 0.0897 e. The van der Waals surface area contributed by atoms with Crippen LogP contribution in [0, 0.1) is 0 Å². The summed E-state index contributed by atoms with van der Waals surface area (Å²) in [5.74, 6) is 0. The Kier molecular flexibility index (Phi) is 7.14. The molecule has 1 aliphatic carbocycles. The quantitative estimate of drug-likeness (QED) is 0.621. The first kappa shape index (κ1) is 15.2. The molecule has 0 bridgehead atoms. The van der Waals surface area contributed by atoms with Crippen LogP contribution in [-0.4, -0.2) is 61.5 Å². The van der Waals surface area contributed by atoms with Crippen molar-refractivity contribution in [3.8, 4) is 0 Å². The van der Waals surface area contributed by atoms with E-state index in [9.17, 15) is 5.11 Å². The molecule has 112 valence electrons. The molecular formula is C15H30N2O2. The second kappa shape index (κ2) is 8.90. The van der Waals surface area contributed by atoms with Crippen LogP contribution < -0.4 is 5.32 Å². The fourth-order valence-corrected chi connectivity index (χ4v) is 3.06. The number of aliphatic hydroxyl groups is 1. The van der Waals surface area contributed by atoms with Gasteiger partial charge in [-0.2, -0.15) is 0 Å². The van der Waals surface area contributed by atoms with Crippen molar-refractivity contribution >= 4 is 0 Å². The standard InChI is InChI=1S/C15H30N2O2/c18-14(13-19-15-6-1-2-7-15)12-16-8-5-11-17-9-3-4-10-17/h14-16,18H,1-13H2. The van der Waals surface area contributed by atoms with Crippen molar-refractivity contribution in [2.24, 2.45) is 0 Å². The van der Waals surface area contributed by atoms with E-state index in [4.69, 9.17) is 4.74 Å². The van der Waals surface area contributed by atoms with Crippen LogP contribution in [0.1, 0.15) is 44.9 Å². The second-order valence-electron chi connectivity index (χ2n) is 6.00. The highest BCUT2D eigenvalue weighted by molar-refractivity contribution is 4.69. The van der Waals surface area contributed by atoms with Gasteiger partial charge in [-0.3, -0.25) is 0 Å². The average Bonchev–Trinajstić information content (AvgIpc) is 3.09. The number of ether oxygens (including phenoxy) is 1. The molecule has 4 nitrogen and oxygen atoms in total. The molecule has 1 saturated heterocycles.